The maximum Gasteiger partial charge on any atom is 0.253 e. The standard InChI is InChI=1S/C16H21N3O4S/c1-4-13-10-16(20)19(11-17-13)8-7-18-24(21,22)15-9-12(2)5-6-14(15)23-3/h5-6,9-11,18H,4,7-8H2,1-3H3. The molecule has 1 N–H and O–H groups in total. The minimum atomic E-state index is -3.73. The molecule has 7 nitrogen and oxygen atoms in total. The summed E-state index contributed by atoms with van der Waals surface area (Å²) in [6.45, 7) is 3.99. The summed E-state index contributed by atoms with van der Waals surface area (Å²) >= 11 is 0. The Morgan fingerprint density at radius 1 is 1.29 bits per heavy atom. The minimum Gasteiger partial charge on any atom is -0.495 e. The molecule has 0 aliphatic rings. The van der Waals surface area contributed by atoms with Crippen molar-refractivity contribution in [3.8, 4) is 5.75 Å². The molecule has 0 saturated carbocycles. The fourth-order valence-electron chi connectivity index (χ4n) is 2.20. The number of ether oxygens (including phenoxy) is 1. The van der Waals surface area contributed by atoms with Crippen LogP contribution in [-0.2, 0) is 23.0 Å². The first kappa shape index (κ1) is 18.2. The number of hydrogen-bond donors (Lipinski definition) is 1. The van der Waals surface area contributed by atoms with Crippen LogP contribution in [0.1, 0.15) is 18.2 Å². The Hall–Kier alpha value is -2.19. The van der Waals surface area contributed by atoms with Gasteiger partial charge in [-0.3, -0.25) is 9.36 Å². The average Bonchev–Trinajstić information content (AvgIpc) is 2.56. The smallest absolute Gasteiger partial charge is 0.253 e. The van der Waals surface area contributed by atoms with Gasteiger partial charge in [-0.2, -0.15) is 0 Å². The van der Waals surface area contributed by atoms with Gasteiger partial charge in [0.05, 0.1) is 13.4 Å². The van der Waals surface area contributed by atoms with Crippen LogP contribution in [0, 0.1) is 6.92 Å². The highest BCUT2D eigenvalue weighted by Gasteiger charge is 2.19. The van der Waals surface area contributed by atoms with Crippen LogP contribution in [-0.4, -0.2) is 31.6 Å². The maximum absolute atomic E-state index is 12.4. The third-order valence-electron chi connectivity index (χ3n) is 3.55. The molecule has 1 aromatic carbocycles. The number of hydrogen-bond acceptors (Lipinski definition) is 5. The van der Waals surface area contributed by atoms with Crippen molar-refractivity contribution in [3.05, 3.63) is 52.2 Å². The Morgan fingerprint density at radius 2 is 2.04 bits per heavy atom. The molecule has 0 unspecified atom stereocenters. The van der Waals surface area contributed by atoms with Gasteiger partial charge in [0, 0.05) is 24.8 Å². The molecule has 0 aliphatic carbocycles. The maximum atomic E-state index is 12.4. The summed E-state index contributed by atoms with van der Waals surface area (Å²) in [6.07, 6.45) is 2.11. The highest BCUT2D eigenvalue weighted by Crippen LogP contribution is 2.24. The second kappa shape index (κ2) is 7.59. The number of methoxy groups -OCH3 is 1. The van der Waals surface area contributed by atoms with E-state index in [-0.39, 0.29) is 29.3 Å². The van der Waals surface area contributed by atoms with Crippen molar-refractivity contribution in [1.29, 1.82) is 0 Å². The molecule has 0 radical (unpaired) electrons. The summed E-state index contributed by atoms with van der Waals surface area (Å²) in [5, 5.41) is 0. The van der Waals surface area contributed by atoms with Gasteiger partial charge >= 0.3 is 0 Å². The van der Waals surface area contributed by atoms with Gasteiger partial charge in [0.2, 0.25) is 10.0 Å². The van der Waals surface area contributed by atoms with Crippen molar-refractivity contribution < 1.29 is 13.2 Å². The van der Waals surface area contributed by atoms with Crippen LogP contribution in [0.3, 0.4) is 0 Å². The summed E-state index contributed by atoms with van der Waals surface area (Å²) < 4.78 is 33.9. The number of rotatable bonds is 7. The largest absolute Gasteiger partial charge is 0.495 e. The lowest BCUT2D eigenvalue weighted by atomic mass is 10.2. The first-order valence-electron chi connectivity index (χ1n) is 7.57. The molecule has 24 heavy (non-hydrogen) atoms. The van der Waals surface area contributed by atoms with E-state index in [2.05, 4.69) is 9.71 Å². The lowest BCUT2D eigenvalue weighted by molar-refractivity contribution is 0.402. The normalized spacial score (nSPS) is 11.5. The fraction of sp³-hybridized carbons (Fsp3) is 0.375. The van der Waals surface area contributed by atoms with Gasteiger partial charge in [-0.15, -0.1) is 0 Å². The van der Waals surface area contributed by atoms with Crippen LogP contribution in [0.5, 0.6) is 5.75 Å². The lowest BCUT2D eigenvalue weighted by Gasteiger charge is -2.12. The van der Waals surface area contributed by atoms with E-state index in [1.165, 1.54) is 24.1 Å². The summed E-state index contributed by atoms with van der Waals surface area (Å²) in [7, 11) is -2.31. The van der Waals surface area contributed by atoms with E-state index in [4.69, 9.17) is 4.74 Å². The topological polar surface area (TPSA) is 90.3 Å². The molecule has 1 aromatic heterocycles. The molecule has 0 spiro atoms. The van der Waals surface area contributed by atoms with Crippen LogP contribution in [0.2, 0.25) is 0 Å². The molecule has 2 aromatic rings. The Morgan fingerprint density at radius 3 is 2.67 bits per heavy atom. The number of nitrogens with zero attached hydrogens (tertiary/aromatic N) is 2. The monoisotopic (exact) mass is 351 g/mol. The van der Waals surface area contributed by atoms with Gasteiger partial charge in [0.15, 0.2) is 0 Å². The Kier molecular flexibility index (Phi) is 5.74. The Bertz CT molecular complexity index is 875. The van der Waals surface area contributed by atoms with Crippen LogP contribution < -0.4 is 15.0 Å². The van der Waals surface area contributed by atoms with Gasteiger partial charge in [-0.05, 0) is 31.0 Å². The van der Waals surface area contributed by atoms with Crippen LogP contribution in [0.15, 0.2) is 40.3 Å². The molecule has 0 saturated heterocycles. The predicted octanol–water partition coefficient (Wildman–Crippen LogP) is 1.10. The molecular formula is C16H21N3O4S. The number of sulfonamides is 1. The quantitative estimate of drug-likeness (QED) is 0.807. The van der Waals surface area contributed by atoms with Gasteiger partial charge in [0.25, 0.3) is 5.56 Å². The van der Waals surface area contributed by atoms with Crippen LogP contribution in [0.25, 0.3) is 0 Å². The van der Waals surface area contributed by atoms with Gasteiger partial charge < -0.3 is 4.74 Å². The molecule has 0 atom stereocenters. The van der Waals surface area contributed by atoms with Crippen LogP contribution in [0.4, 0.5) is 0 Å². The number of aryl methyl sites for hydroxylation is 2. The zero-order chi connectivity index (χ0) is 17.7. The first-order valence-corrected chi connectivity index (χ1v) is 9.05. The zero-order valence-electron chi connectivity index (χ0n) is 13.9. The van der Waals surface area contributed by atoms with Crippen molar-refractivity contribution in [1.82, 2.24) is 14.3 Å². The second-order valence-electron chi connectivity index (χ2n) is 5.32. The summed E-state index contributed by atoms with van der Waals surface area (Å²) in [4.78, 5) is 16.1. The van der Waals surface area contributed by atoms with Crippen molar-refractivity contribution in [2.75, 3.05) is 13.7 Å². The first-order chi connectivity index (χ1) is 11.4. The van der Waals surface area contributed by atoms with Crippen molar-refractivity contribution in [2.45, 2.75) is 31.7 Å². The molecule has 130 valence electrons. The molecule has 2 rings (SSSR count). The molecule has 0 fully saturated rings. The summed E-state index contributed by atoms with van der Waals surface area (Å²) in [6, 6.07) is 6.39. The summed E-state index contributed by atoms with van der Waals surface area (Å²) in [5.41, 5.74) is 1.32. The van der Waals surface area contributed by atoms with E-state index in [9.17, 15) is 13.2 Å². The molecule has 0 aliphatic heterocycles. The SMILES string of the molecule is CCc1cc(=O)n(CCNS(=O)(=O)c2cc(C)ccc2OC)cn1. The highest BCUT2D eigenvalue weighted by atomic mass is 32.2. The van der Waals surface area contributed by atoms with E-state index in [0.717, 1.165) is 5.56 Å². The fourth-order valence-corrected chi connectivity index (χ4v) is 3.47. The molecule has 0 bridgehead atoms. The van der Waals surface area contributed by atoms with Gasteiger partial charge in [0.1, 0.15) is 10.6 Å². The predicted molar refractivity (Wildman–Crippen MR) is 90.8 cm³/mol. The van der Waals surface area contributed by atoms with E-state index in [0.29, 0.717) is 12.1 Å². The minimum absolute atomic E-state index is 0.0759. The summed E-state index contributed by atoms with van der Waals surface area (Å²) in [5.74, 6) is 0.277. The molecular weight excluding hydrogens is 330 g/mol. The third kappa shape index (κ3) is 4.21. The lowest BCUT2D eigenvalue weighted by Crippen LogP contribution is -2.31. The van der Waals surface area contributed by atoms with E-state index in [1.807, 2.05) is 6.92 Å². The van der Waals surface area contributed by atoms with Crippen molar-refractivity contribution >= 4 is 10.0 Å². The molecule has 0 amide bonds. The highest BCUT2D eigenvalue weighted by molar-refractivity contribution is 7.89. The zero-order valence-corrected chi connectivity index (χ0v) is 14.8. The van der Waals surface area contributed by atoms with Crippen LogP contribution >= 0.6 is 0 Å². The Balaban J connectivity index is 2.11. The van der Waals surface area contributed by atoms with E-state index in [1.54, 1.807) is 25.1 Å². The molecule has 1 heterocycles. The van der Waals surface area contributed by atoms with Crippen molar-refractivity contribution in [3.63, 3.8) is 0 Å². The number of benzene rings is 1. The second-order valence-corrected chi connectivity index (χ2v) is 7.05. The number of nitrogens with one attached hydrogen (secondary N) is 1. The van der Waals surface area contributed by atoms with Gasteiger partial charge in [-0.1, -0.05) is 13.0 Å². The van der Waals surface area contributed by atoms with E-state index < -0.39 is 10.0 Å². The average molecular weight is 351 g/mol. The third-order valence-corrected chi connectivity index (χ3v) is 5.03. The molecule has 8 heteroatoms. The van der Waals surface area contributed by atoms with Gasteiger partial charge in [-0.25, -0.2) is 18.1 Å². The van der Waals surface area contributed by atoms with E-state index >= 15 is 0 Å². The Labute approximate surface area is 141 Å². The van der Waals surface area contributed by atoms with Crippen molar-refractivity contribution in [2.24, 2.45) is 0 Å². The number of aromatic nitrogens is 2.